The number of halogens is 2. The van der Waals surface area contributed by atoms with Crippen molar-refractivity contribution in [3.8, 4) is 0 Å². The number of carbonyl (C=O) groups is 1. The van der Waals surface area contributed by atoms with Crippen LogP contribution in [0.1, 0.15) is 17.4 Å². The number of hydrogen-bond acceptors (Lipinski definition) is 3. The zero-order valence-electron chi connectivity index (χ0n) is 9.73. The third kappa shape index (κ3) is 1.78. The minimum atomic E-state index is -1.11. The maximum atomic E-state index is 13.7. The fraction of sp³-hybridized carbons (Fsp3) is 0.167. The van der Waals surface area contributed by atoms with Crippen molar-refractivity contribution in [3.63, 3.8) is 0 Å². The maximum Gasteiger partial charge on any atom is 0.249 e. The molecule has 1 aromatic heterocycles. The minimum absolute atomic E-state index is 0.0259. The molecule has 0 fully saturated rings. The summed E-state index contributed by atoms with van der Waals surface area (Å²) in [5.74, 6) is -1.52. The smallest absolute Gasteiger partial charge is 0.249 e. The van der Waals surface area contributed by atoms with E-state index in [4.69, 9.17) is 5.73 Å². The number of amides is 1. The lowest BCUT2D eigenvalue weighted by molar-refractivity contribution is -0.119. The highest BCUT2D eigenvalue weighted by Crippen LogP contribution is 2.37. The Labute approximate surface area is 107 Å². The van der Waals surface area contributed by atoms with Gasteiger partial charge in [-0.2, -0.15) is 0 Å². The second-order valence-electron chi connectivity index (χ2n) is 4.26. The second kappa shape index (κ2) is 4.13. The van der Waals surface area contributed by atoms with E-state index >= 15 is 0 Å². The molecule has 98 valence electrons. The summed E-state index contributed by atoms with van der Waals surface area (Å²) in [7, 11) is 0. The summed E-state index contributed by atoms with van der Waals surface area (Å²) in [6, 6.07) is 0.722. The first-order valence-corrected chi connectivity index (χ1v) is 5.62. The lowest BCUT2D eigenvalue weighted by Gasteiger charge is -2.16. The Morgan fingerprint density at radius 1 is 1.42 bits per heavy atom. The Bertz CT molecular complexity index is 641. The van der Waals surface area contributed by atoms with Gasteiger partial charge in [-0.05, 0) is 6.07 Å². The van der Waals surface area contributed by atoms with Crippen LogP contribution in [0.5, 0.6) is 0 Å². The van der Waals surface area contributed by atoms with Crippen molar-refractivity contribution in [2.45, 2.75) is 12.6 Å². The molecule has 0 aliphatic carbocycles. The molecule has 0 radical (unpaired) electrons. The van der Waals surface area contributed by atoms with Crippen LogP contribution in [0.15, 0.2) is 24.5 Å². The van der Waals surface area contributed by atoms with Gasteiger partial charge in [-0.1, -0.05) is 0 Å². The number of aromatic nitrogens is 2. The van der Waals surface area contributed by atoms with Crippen molar-refractivity contribution in [2.75, 3.05) is 4.90 Å². The molecule has 0 saturated carbocycles. The van der Waals surface area contributed by atoms with Crippen LogP contribution >= 0.6 is 0 Å². The van der Waals surface area contributed by atoms with Crippen LogP contribution in [-0.4, -0.2) is 15.9 Å². The Hall–Kier alpha value is -2.28. The largest absolute Gasteiger partial charge is 0.347 e. The molecule has 1 aromatic carbocycles. The van der Waals surface area contributed by atoms with Crippen LogP contribution in [0.4, 0.5) is 14.5 Å². The molecule has 1 aliphatic rings. The number of hydrogen-bond donors (Lipinski definition) is 2. The van der Waals surface area contributed by atoms with E-state index in [9.17, 15) is 13.6 Å². The van der Waals surface area contributed by atoms with Gasteiger partial charge in [0, 0.05) is 24.0 Å². The summed E-state index contributed by atoms with van der Waals surface area (Å²) in [6.45, 7) is 0.0927. The third-order valence-electron chi connectivity index (χ3n) is 3.07. The van der Waals surface area contributed by atoms with E-state index < -0.39 is 23.6 Å². The SMILES string of the molecule is NC1C(=O)N(Cc2ncc[nH]2)c2cc(F)cc(F)c21. The summed E-state index contributed by atoms with van der Waals surface area (Å²) >= 11 is 0. The fourth-order valence-corrected chi connectivity index (χ4v) is 2.21. The number of aromatic amines is 1. The number of imidazole rings is 1. The number of anilines is 1. The monoisotopic (exact) mass is 264 g/mol. The first-order valence-electron chi connectivity index (χ1n) is 5.62. The number of rotatable bonds is 2. The molecule has 7 heteroatoms. The molecule has 1 unspecified atom stereocenters. The molecule has 19 heavy (non-hydrogen) atoms. The molecule has 2 aromatic rings. The van der Waals surface area contributed by atoms with Crippen LogP contribution in [0.2, 0.25) is 0 Å². The van der Waals surface area contributed by atoms with Gasteiger partial charge in [-0.15, -0.1) is 0 Å². The molecule has 3 N–H and O–H groups in total. The molecule has 2 heterocycles. The highest BCUT2D eigenvalue weighted by molar-refractivity contribution is 6.04. The van der Waals surface area contributed by atoms with Gasteiger partial charge in [0.15, 0.2) is 0 Å². The lowest BCUT2D eigenvalue weighted by atomic mass is 10.1. The first kappa shape index (κ1) is 11.8. The normalized spacial score (nSPS) is 17.9. The quantitative estimate of drug-likeness (QED) is 0.856. The number of H-pyrrole nitrogens is 1. The zero-order chi connectivity index (χ0) is 13.6. The topological polar surface area (TPSA) is 75.0 Å². The predicted molar refractivity (Wildman–Crippen MR) is 63.1 cm³/mol. The molecular formula is C12H10F2N4O. The van der Waals surface area contributed by atoms with Gasteiger partial charge in [-0.25, -0.2) is 13.8 Å². The second-order valence-corrected chi connectivity index (χ2v) is 4.26. The molecule has 0 bridgehead atoms. The van der Waals surface area contributed by atoms with Gasteiger partial charge in [0.05, 0.1) is 12.2 Å². The van der Waals surface area contributed by atoms with Crippen molar-refractivity contribution in [1.82, 2.24) is 9.97 Å². The highest BCUT2D eigenvalue weighted by Gasteiger charge is 2.38. The van der Waals surface area contributed by atoms with E-state index in [1.807, 2.05) is 0 Å². The van der Waals surface area contributed by atoms with E-state index in [0.29, 0.717) is 5.82 Å². The molecule has 5 nitrogen and oxygen atoms in total. The van der Waals surface area contributed by atoms with Gasteiger partial charge >= 0.3 is 0 Å². The Morgan fingerprint density at radius 2 is 2.21 bits per heavy atom. The van der Waals surface area contributed by atoms with E-state index in [0.717, 1.165) is 12.1 Å². The fourth-order valence-electron chi connectivity index (χ4n) is 2.21. The van der Waals surface area contributed by atoms with E-state index in [-0.39, 0.29) is 17.8 Å². The van der Waals surface area contributed by atoms with Crippen LogP contribution in [-0.2, 0) is 11.3 Å². The summed E-state index contributed by atoms with van der Waals surface area (Å²) in [5.41, 5.74) is 5.86. The van der Waals surface area contributed by atoms with Crippen LogP contribution in [0, 0.1) is 11.6 Å². The number of carbonyl (C=O) groups excluding carboxylic acids is 1. The number of nitrogens with one attached hydrogen (secondary N) is 1. The average Bonchev–Trinajstić information content (AvgIpc) is 2.93. The van der Waals surface area contributed by atoms with Crippen LogP contribution < -0.4 is 10.6 Å². The van der Waals surface area contributed by atoms with Gasteiger partial charge in [0.25, 0.3) is 0 Å². The van der Waals surface area contributed by atoms with Crippen molar-refractivity contribution in [3.05, 3.63) is 47.5 Å². The zero-order valence-corrected chi connectivity index (χ0v) is 9.73. The molecule has 0 spiro atoms. The Kier molecular flexibility index (Phi) is 2.56. The van der Waals surface area contributed by atoms with Gasteiger partial charge < -0.3 is 15.6 Å². The van der Waals surface area contributed by atoms with E-state index in [2.05, 4.69) is 9.97 Å². The number of fused-ring (bicyclic) bond motifs is 1. The minimum Gasteiger partial charge on any atom is -0.347 e. The highest BCUT2D eigenvalue weighted by atomic mass is 19.1. The predicted octanol–water partition coefficient (Wildman–Crippen LogP) is 1.23. The molecule has 1 aliphatic heterocycles. The Morgan fingerprint density at radius 3 is 2.89 bits per heavy atom. The Balaban J connectivity index is 2.06. The van der Waals surface area contributed by atoms with E-state index in [1.54, 1.807) is 6.20 Å². The van der Waals surface area contributed by atoms with Crippen molar-refractivity contribution < 1.29 is 13.6 Å². The number of nitrogens with zero attached hydrogens (tertiary/aromatic N) is 2. The van der Waals surface area contributed by atoms with E-state index in [1.165, 1.54) is 11.1 Å². The lowest BCUT2D eigenvalue weighted by Crippen LogP contribution is -2.31. The van der Waals surface area contributed by atoms with Crippen molar-refractivity contribution in [1.29, 1.82) is 0 Å². The standard InChI is InChI=1S/C12H10F2N4O/c13-6-3-7(14)10-8(4-6)18(12(19)11(10)15)5-9-16-1-2-17-9/h1-4,11H,5,15H2,(H,16,17). The molecule has 1 atom stereocenters. The van der Waals surface area contributed by atoms with Gasteiger partial charge in [-0.3, -0.25) is 4.79 Å². The summed E-state index contributed by atoms with van der Waals surface area (Å²) in [6.07, 6.45) is 3.13. The van der Waals surface area contributed by atoms with Crippen LogP contribution in [0.3, 0.4) is 0 Å². The number of nitrogens with two attached hydrogens (primary N) is 1. The van der Waals surface area contributed by atoms with Gasteiger partial charge in [0.1, 0.15) is 23.5 Å². The van der Waals surface area contributed by atoms with Gasteiger partial charge in [0.2, 0.25) is 5.91 Å². The first-order chi connectivity index (χ1) is 9.08. The third-order valence-corrected chi connectivity index (χ3v) is 3.07. The van der Waals surface area contributed by atoms with Crippen LogP contribution in [0.25, 0.3) is 0 Å². The summed E-state index contributed by atoms with van der Waals surface area (Å²) in [4.78, 5) is 20.1. The molecular weight excluding hydrogens is 254 g/mol. The molecule has 1 amide bonds. The maximum absolute atomic E-state index is 13.7. The summed E-state index contributed by atoms with van der Waals surface area (Å²) < 4.78 is 27.0. The molecule has 0 saturated heterocycles. The molecule has 3 rings (SSSR count). The average molecular weight is 264 g/mol. The van der Waals surface area contributed by atoms with Crippen molar-refractivity contribution in [2.24, 2.45) is 5.73 Å². The number of benzene rings is 1. The summed E-state index contributed by atoms with van der Waals surface area (Å²) in [5, 5.41) is 0. The van der Waals surface area contributed by atoms with Crippen molar-refractivity contribution >= 4 is 11.6 Å².